The van der Waals surface area contributed by atoms with E-state index in [2.05, 4.69) is 5.43 Å². The number of methoxy groups -OCH3 is 2. The Kier molecular flexibility index (Phi) is 4.72. The minimum absolute atomic E-state index is 0.157. The van der Waals surface area contributed by atoms with Gasteiger partial charge in [-0.1, -0.05) is 6.07 Å². The molecule has 0 fully saturated rings. The SMILES string of the molecule is COc1cc(OC)cc(C(NN)c2c(F)cccc2F)c1. The molecular formula is C15H16F2N2O2. The third kappa shape index (κ3) is 3.12. The maximum atomic E-state index is 13.9. The number of hydrogen-bond donors (Lipinski definition) is 2. The van der Waals surface area contributed by atoms with Gasteiger partial charge in [-0.2, -0.15) is 0 Å². The van der Waals surface area contributed by atoms with Crippen LogP contribution in [0.15, 0.2) is 36.4 Å². The van der Waals surface area contributed by atoms with Crippen molar-refractivity contribution >= 4 is 0 Å². The zero-order valence-electron chi connectivity index (χ0n) is 11.7. The summed E-state index contributed by atoms with van der Waals surface area (Å²) in [7, 11) is 2.99. The molecule has 0 heterocycles. The molecule has 0 bridgehead atoms. The number of ether oxygens (including phenoxy) is 2. The Morgan fingerprint density at radius 2 is 1.52 bits per heavy atom. The fraction of sp³-hybridized carbons (Fsp3) is 0.200. The van der Waals surface area contributed by atoms with Gasteiger partial charge in [0.05, 0.1) is 20.3 Å². The summed E-state index contributed by atoms with van der Waals surface area (Å²) in [6.07, 6.45) is 0. The summed E-state index contributed by atoms with van der Waals surface area (Å²) in [6.45, 7) is 0. The number of nitrogens with one attached hydrogen (secondary N) is 1. The number of hydrazine groups is 1. The maximum absolute atomic E-state index is 13.9. The van der Waals surface area contributed by atoms with Gasteiger partial charge in [-0.25, -0.2) is 14.2 Å². The molecule has 0 aromatic heterocycles. The van der Waals surface area contributed by atoms with Crippen molar-refractivity contribution in [3.8, 4) is 11.5 Å². The number of rotatable bonds is 5. The molecule has 0 aliphatic heterocycles. The van der Waals surface area contributed by atoms with Crippen LogP contribution >= 0.6 is 0 Å². The van der Waals surface area contributed by atoms with E-state index in [9.17, 15) is 8.78 Å². The van der Waals surface area contributed by atoms with Gasteiger partial charge in [-0.3, -0.25) is 5.84 Å². The average Bonchev–Trinajstić information content (AvgIpc) is 2.50. The van der Waals surface area contributed by atoms with Gasteiger partial charge in [0.2, 0.25) is 0 Å². The first kappa shape index (κ1) is 15.2. The fourth-order valence-corrected chi connectivity index (χ4v) is 2.13. The van der Waals surface area contributed by atoms with Crippen molar-refractivity contribution in [2.75, 3.05) is 14.2 Å². The van der Waals surface area contributed by atoms with Crippen LogP contribution in [-0.4, -0.2) is 14.2 Å². The molecule has 0 amide bonds. The highest BCUT2D eigenvalue weighted by atomic mass is 19.1. The molecular weight excluding hydrogens is 278 g/mol. The van der Waals surface area contributed by atoms with Crippen molar-refractivity contribution in [3.05, 3.63) is 59.2 Å². The molecule has 112 valence electrons. The van der Waals surface area contributed by atoms with Crippen molar-refractivity contribution < 1.29 is 18.3 Å². The first-order valence-electron chi connectivity index (χ1n) is 6.23. The second-order valence-electron chi connectivity index (χ2n) is 4.38. The van der Waals surface area contributed by atoms with Crippen LogP contribution in [0.2, 0.25) is 0 Å². The normalized spacial score (nSPS) is 12.0. The first-order chi connectivity index (χ1) is 10.1. The summed E-state index contributed by atoms with van der Waals surface area (Å²) in [5.74, 6) is 5.13. The van der Waals surface area contributed by atoms with E-state index in [1.165, 1.54) is 32.4 Å². The van der Waals surface area contributed by atoms with Gasteiger partial charge in [0.1, 0.15) is 23.1 Å². The van der Waals surface area contributed by atoms with Gasteiger partial charge in [0, 0.05) is 11.6 Å². The molecule has 4 nitrogen and oxygen atoms in total. The van der Waals surface area contributed by atoms with E-state index >= 15 is 0 Å². The minimum Gasteiger partial charge on any atom is -0.497 e. The lowest BCUT2D eigenvalue weighted by Gasteiger charge is -2.19. The summed E-state index contributed by atoms with van der Waals surface area (Å²) in [5.41, 5.74) is 2.80. The summed E-state index contributed by atoms with van der Waals surface area (Å²) in [5, 5.41) is 0. The average molecular weight is 294 g/mol. The lowest BCUT2D eigenvalue weighted by atomic mass is 9.97. The third-order valence-electron chi connectivity index (χ3n) is 3.16. The van der Waals surface area contributed by atoms with E-state index in [0.717, 1.165) is 0 Å². The quantitative estimate of drug-likeness (QED) is 0.657. The van der Waals surface area contributed by atoms with Crippen molar-refractivity contribution in [2.45, 2.75) is 6.04 Å². The van der Waals surface area contributed by atoms with Gasteiger partial charge in [0.25, 0.3) is 0 Å². The molecule has 0 radical (unpaired) electrons. The summed E-state index contributed by atoms with van der Waals surface area (Å²) >= 11 is 0. The van der Waals surface area contributed by atoms with Crippen LogP contribution in [-0.2, 0) is 0 Å². The Morgan fingerprint density at radius 3 is 1.95 bits per heavy atom. The van der Waals surface area contributed by atoms with Gasteiger partial charge < -0.3 is 9.47 Å². The van der Waals surface area contributed by atoms with Gasteiger partial charge in [-0.15, -0.1) is 0 Å². The van der Waals surface area contributed by atoms with Crippen LogP contribution in [0.25, 0.3) is 0 Å². The summed E-state index contributed by atoms with van der Waals surface area (Å²) < 4.78 is 38.2. The molecule has 2 aromatic carbocycles. The molecule has 0 spiro atoms. The number of hydrogen-bond acceptors (Lipinski definition) is 4. The molecule has 0 saturated carbocycles. The van der Waals surface area contributed by atoms with Crippen LogP contribution in [0.4, 0.5) is 8.78 Å². The van der Waals surface area contributed by atoms with E-state index in [4.69, 9.17) is 15.3 Å². The first-order valence-corrected chi connectivity index (χ1v) is 6.23. The van der Waals surface area contributed by atoms with E-state index in [-0.39, 0.29) is 5.56 Å². The standard InChI is InChI=1S/C15H16F2N2O2/c1-20-10-6-9(7-11(8-10)21-2)15(19-18)14-12(16)4-3-5-13(14)17/h3-8,15,19H,18H2,1-2H3. The zero-order valence-corrected chi connectivity index (χ0v) is 11.7. The van der Waals surface area contributed by atoms with E-state index in [1.807, 2.05) is 0 Å². The number of nitrogens with two attached hydrogens (primary N) is 1. The van der Waals surface area contributed by atoms with Crippen LogP contribution < -0.4 is 20.7 Å². The largest absolute Gasteiger partial charge is 0.497 e. The van der Waals surface area contributed by atoms with Crippen LogP contribution in [0.3, 0.4) is 0 Å². The Labute approximate surface area is 121 Å². The molecule has 2 aromatic rings. The highest BCUT2D eigenvalue weighted by Crippen LogP contribution is 2.31. The predicted molar refractivity (Wildman–Crippen MR) is 75.1 cm³/mol. The van der Waals surface area contributed by atoms with Gasteiger partial charge >= 0.3 is 0 Å². The lowest BCUT2D eigenvalue weighted by Crippen LogP contribution is -2.30. The second-order valence-corrected chi connectivity index (χ2v) is 4.38. The molecule has 1 atom stereocenters. The zero-order chi connectivity index (χ0) is 15.4. The Balaban J connectivity index is 2.56. The molecule has 2 rings (SSSR count). The van der Waals surface area contributed by atoms with E-state index < -0.39 is 17.7 Å². The molecule has 21 heavy (non-hydrogen) atoms. The topological polar surface area (TPSA) is 56.5 Å². The maximum Gasteiger partial charge on any atom is 0.131 e. The molecule has 3 N–H and O–H groups in total. The second kappa shape index (κ2) is 6.51. The van der Waals surface area contributed by atoms with E-state index in [1.54, 1.807) is 18.2 Å². The Bertz CT molecular complexity index is 593. The van der Waals surface area contributed by atoms with Gasteiger partial charge in [-0.05, 0) is 29.8 Å². The minimum atomic E-state index is -0.866. The monoisotopic (exact) mass is 294 g/mol. The van der Waals surface area contributed by atoms with Crippen LogP contribution in [0, 0.1) is 11.6 Å². The molecule has 1 unspecified atom stereocenters. The summed E-state index contributed by atoms with van der Waals surface area (Å²) in [4.78, 5) is 0. The summed E-state index contributed by atoms with van der Waals surface area (Å²) in [6, 6.07) is 7.73. The third-order valence-corrected chi connectivity index (χ3v) is 3.16. The molecule has 0 aliphatic rings. The highest BCUT2D eigenvalue weighted by Gasteiger charge is 2.22. The molecule has 0 aliphatic carbocycles. The van der Waals surface area contributed by atoms with Crippen LogP contribution in [0.1, 0.15) is 17.2 Å². The van der Waals surface area contributed by atoms with Crippen LogP contribution in [0.5, 0.6) is 11.5 Å². The van der Waals surface area contributed by atoms with Crippen molar-refractivity contribution in [3.63, 3.8) is 0 Å². The molecule has 0 saturated heterocycles. The van der Waals surface area contributed by atoms with E-state index in [0.29, 0.717) is 17.1 Å². The van der Waals surface area contributed by atoms with Crippen molar-refractivity contribution in [1.82, 2.24) is 5.43 Å². The van der Waals surface area contributed by atoms with Crippen molar-refractivity contribution in [2.24, 2.45) is 5.84 Å². The van der Waals surface area contributed by atoms with Crippen molar-refractivity contribution in [1.29, 1.82) is 0 Å². The number of benzene rings is 2. The Hall–Kier alpha value is -2.18. The predicted octanol–water partition coefficient (Wildman–Crippen LogP) is 2.53. The Morgan fingerprint density at radius 1 is 1.00 bits per heavy atom. The smallest absolute Gasteiger partial charge is 0.131 e. The fourth-order valence-electron chi connectivity index (χ4n) is 2.13. The number of halogens is 2. The van der Waals surface area contributed by atoms with Gasteiger partial charge in [0.15, 0.2) is 0 Å². The lowest BCUT2D eigenvalue weighted by molar-refractivity contribution is 0.392. The highest BCUT2D eigenvalue weighted by molar-refractivity contribution is 5.43. The molecule has 6 heteroatoms.